The molecule has 1 aromatic rings. The first-order valence-electron chi connectivity index (χ1n) is 7.51. The number of hydrogen-bond donors (Lipinski definition) is 2. The van der Waals surface area contributed by atoms with Gasteiger partial charge in [-0.2, -0.15) is 0 Å². The molecule has 0 aliphatic rings. The van der Waals surface area contributed by atoms with Crippen LogP contribution in [0.1, 0.15) is 56.3 Å². The molecule has 0 unspecified atom stereocenters. The quantitative estimate of drug-likeness (QED) is 0.684. The van der Waals surface area contributed by atoms with Crippen LogP contribution in [0.4, 0.5) is 0 Å². The molecule has 0 saturated heterocycles. The van der Waals surface area contributed by atoms with Crippen LogP contribution >= 0.6 is 23.6 Å². The largest absolute Gasteiger partial charge is 0.392 e. The molecule has 118 valence electrons. The van der Waals surface area contributed by atoms with Gasteiger partial charge in [0.15, 0.2) is 0 Å². The van der Waals surface area contributed by atoms with Crippen molar-refractivity contribution >= 4 is 34.5 Å². The predicted molar refractivity (Wildman–Crippen MR) is 92.4 cm³/mol. The summed E-state index contributed by atoms with van der Waals surface area (Å²) in [6.45, 7) is 6.63. The van der Waals surface area contributed by atoms with Crippen molar-refractivity contribution in [2.24, 2.45) is 11.1 Å². The number of aryl methyl sites for hydroxylation is 1. The van der Waals surface area contributed by atoms with Crippen molar-refractivity contribution in [1.29, 1.82) is 0 Å². The second-order valence-electron chi connectivity index (χ2n) is 5.20. The number of thiocarbonyl (C=S) groups is 1. The fourth-order valence-electron chi connectivity index (χ4n) is 2.48. The zero-order valence-corrected chi connectivity index (χ0v) is 14.7. The number of nitrogens with two attached hydrogens (primary N) is 1. The summed E-state index contributed by atoms with van der Waals surface area (Å²) in [5.74, 6) is -0.0630. The zero-order chi connectivity index (χ0) is 15.9. The highest BCUT2D eigenvalue weighted by Gasteiger charge is 2.39. The SMILES string of the molecule is CCCC(CCC)(C(=O)NCc1ncc(CC)s1)C(N)=S. The molecule has 21 heavy (non-hydrogen) atoms. The van der Waals surface area contributed by atoms with Gasteiger partial charge in [0.2, 0.25) is 5.91 Å². The normalized spacial score (nSPS) is 11.4. The number of nitrogens with zero attached hydrogens (tertiary/aromatic N) is 1. The number of amides is 1. The maximum Gasteiger partial charge on any atom is 0.233 e. The molecular formula is C15H25N3OS2. The first kappa shape index (κ1) is 18.0. The minimum absolute atomic E-state index is 0.0630. The van der Waals surface area contributed by atoms with E-state index in [-0.39, 0.29) is 5.91 Å². The fraction of sp³-hybridized carbons (Fsp3) is 0.667. The molecule has 0 aliphatic heterocycles. The van der Waals surface area contributed by atoms with E-state index in [1.54, 1.807) is 11.3 Å². The second kappa shape index (κ2) is 8.44. The summed E-state index contributed by atoms with van der Waals surface area (Å²) in [5, 5.41) is 3.89. The molecule has 0 fully saturated rings. The predicted octanol–water partition coefficient (Wildman–Crippen LogP) is 3.19. The van der Waals surface area contributed by atoms with E-state index < -0.39 is 5.41 Å². The van der Waals surface area contributed by atoms with E-state index in [1.807, 2.05) is 20.0 Å². The molecule has 0 aromatic carbocycles. The topological polar surface area (TPSA) is 68.0 Å². The van der Waals surface area contributed by atoms with Gasteiger partial charge in [-0.05, 0) is 19.3 Å². The monoisotopic (exact) mass is 327 g/mol. The number of nitrogens with one attached hydrogen (secondary N) is 1. The Labute approximate surface area is 136 Å². The highest BCUT2D eigenvalue weighted by molar-refractivity contribution is 7.80. The van der Waals surface area contributed by atoms with Crippen molar-refractivity contribution in [3.05, 3.63) is 16.1 Å². The summed E-state index contributed by atoms with van der Waals surface area (Å²) in [7, 11) is 0. The molecule has 4 nitrogen and oxygen atoms in total. The highest BCUT2D eigenvalue weighted by atomic mass is 32.1. The average Bonchev–Trinajstić information content (AvgIpc) is 2.92. The van der Waals surface area contributed by atoms with Gasteiger partial charge in [-0.25, -0.2) is 4.98 Å². The summed E-state index contributed by atoms with van der Waals surface area (Å²) >= 11 is 6.82. The van der Waals surface area contributed by atoms with Gasteiger partial charge in [0, 0.05) is 11.1 Å². The van der Waals surface area contributed by atoms with Gasteiger partial charge >= 0.3 is 0 Å². The van der Waals surface area contributed by atoms with Gasteiger partial charge in [-0.1, -0.05) is 45.8 Å². The van der Waals surface area contributed by atoms with Crippen molar-refractivity contribution in [3.8, 4) is 0 Å². The average molecular weight is 328 g/mol. The summed E-state index contributed by atoms with van der Waals surface area (Å²) in [6, 6.07) is 0. The van der Waals surface area contributed by atoms with E-state index in [1.165, 1.54) is 4.88 Å². The molecular weight excluding hydrogens is 302 g/mol. The van der Waals surface area contributed by atoms with Crippen molar-refractivity contribution in [3.63, 3.8) is 0 Å². The van der Waals surface area contributed by atoms with Crippen LogP contribution in [0.25, 0.3) is 0 Å². The molecule has 0 radical (unpaired) electrons. The maximum absolute atomic E-state index is 12.6. The Kier molecular flexibility index (Phi) is 7.25. The van der Waals surface area contributed by atoms with Crippen LogP contribution in [0.15, 0.2) is 6.20 Å². The number of thiazole rings is 1. The van der Waals surface area contributed by atoms with E-state index in [2.05, 4.69) is 17.2 Å². The third kappa shape index (κ3) is 4.48. The summed E-state index contributed by atoms with van der Waals surface area (Å²) in [5.41, 5.74) is 5.18. The smallest absolute Gasteiger partial charge is 0.233 e. The minimum atomic E-state index is -0.719. The summed E-state index contributed by atoms with van der Waals surface area (Å²) in [6.07, 6.45) is 5.98. The molecule has 1 amide bonds. The Balaban J connectivity index is 2.78. The first-order valence-corrected chi connectivity index (χ1v) is 8.74. The van der Waals surface area contributed by atoms with Gasteiger partial charge in [-0.15, -0.1) is 11.3 Å². The Morgan fingerprint density at radius 2 is 2.00 bits per heavy atom. The van der Waals surface area contributed by atoms with Crippen molar-refractivity contribution in [2.45, 2.75) is 59.4 Å². The molecule has 1 rings (SSSR count). The molecule has 1 aromatic heterocycles. The zero-order valence-electron chi connectivity index (χ0n) is 13.1. The molecule has 0 bridgehead atoms. The third-order valence-electron chi connectivity index (χ3n) is 3.61. The molecule has 3 N–H and O–H groups in total. The molecule has 6 heteroatoms. The van der Waals surface area contributed by atoms with Crippen LogP contribution in [-0.2, 0) is 17.8 Å². The van der Waals surface area contributed by atoms with Crippen LogP contribution in [0.3, 0.4) is 0 Å². The van der Waals surface area contributed by atoms with Gasteiger partial charge in [0.25, 0.3) is 0 Å². The first-order chi connectivity index (χ1) is 10.00. The van der Waals surface area contributed by atoms with Crippen LogP contribution in [0.2, 0.25) is 0 Å². The third-order valence-corrected chi connectivity index (χ3v) is 5.14. The number of carbonyl (C=O) groups excluding carboxylic acids is 1. The lowest BCUT2D eigenvalue weighted by atomic mass is 9.78. The van der Waals surface area contributed by atoms with Crippen LogP contribution in [-0.4, -0.2) is 15.9 Å². The number of aromatic nitrogens is 1. The van der Waals surface area contributed by atoms with Crippen LogP contribution in [0.5, 0.6) is 0 Å². The van der Waals surface area contributed by atoms with Gasteiger partial charge < -0.3 is 11.1 Å². The fourth-order valence-corrected chi connectivity index (χ4v) is 3.58. The Hall–Kier alpha value is -1.01. The van der Waals surface area contributed by atoms with Crippen molar-refractivity contribution in [1.82, 2.24) is 10.3 Å². The van der Waals surface area contributed by atoms with Crippen LogP contribution < -0.4 is 11.1 Å². The van der Waals surface area contributed by atoms with Crippen molar-refractivity contribution in [2.75, 3.05) is 0 Å². The number of carbonyl (C=O) groups is 1. The van der Waals surface area contributed by atoms with E-state index >= 15 is 0 Å². The van der Waals surface area contributed by atoms with E-state index in [0.29, 0.717) is 24.4 Å². The molecule has 0 aliphatic carbocycles. The lowest BCUT2D eigenvalue weighted by Crippen LogP contribution is -2.48. The van der Waals surface area contributed by atoms with Gasteiger partial charge in [0.1, 0.15) is 5.01 Å². The van der Waals surface area contributed by atoms with Gasteiger partial charge in [-0.3, -0.25) is 4.79 Å². The molecule has 0 spiro atoms. The molecule has 0 atom stereocenters. The molecule has 0 saturated carbocycles. The second-order valence-corrected chi connectivity index (χ2v) is 6.84. The summed E-state index contributed by atoms with van der Waals surface area (Å²) < 4.78 is 0. The number of hydrogen-bond acceptors (Lipinski definition) is 4. The van der Waals surface area contributed by atoms with E-state index in [9.17, 15) is 4.79 Å². The Bertz CT molecular complexity index is 479. The Morgan fingerprint density at radius 3 is 2.43 bits per heavy atom. The van der Waals surface area contributed by atoms with E-state index in [0.717, 1.165) is 24.3 Å². The van der Waals surface area contributed by atoms with Crippen molar-refractivity contribution < 1.29 is 4.79 Å². The lowest BCUT2D eigenvalue weighted by molar-refractivity contribution is -0.128. The standard InChI is InChI=1S/C15H25N3OS2/c1-4-7-15(8-5-2,13(16)20)14(19)18-10-12-17-9-11(6-3)21-12/h9H,4-8,10H2,1-3H3,(H2,16,20)(H,18,19). The summed E-state index contributed by atoms with van der Waals surface area (Å²) in [4.78, 5) is 18.5. The Morgan fingerprint density at radius 1 is 1.38 bits per heavy atom. The number of rotatable bonds is 9. The maximum atomic E-state index is 12.6. The molecule has 1 heterocycles. The minimum Gasteiger partial charge on any atom is -0.392 e. The lowest BCUT2D eigenvalue weighted by Gasteiger charge is -2.30. The van der Waals surface area contributed by atoms with E-state index in [4.69, 9.17) is 18.0 Å². The highest BCUT2D eigenvalue weighted by Crippen LogP contribution is 2.31. The van der Waals surface area contributed by atoms with Gasteiger partial charge in [0.05, 0.1) is 16.9 Å². The van der Waals surface area contributed by atoms with Crippen LogP contribution in [0, 0.1) is 5.41 Å².